The number of hydrogen-bond acceptors (Lipinski definition) is 14. The summed E-state index contributed by atoms with van der Waals surface area (Å²) in [6.07, 6.45) is 6.43. The largest absolute Gasteiger partial charge is 1.00 e. The summed E-state index contributed by atoms with van der Waals surface area (Å²) in [7, 11) is 20.7. The first-order valence-corrected chi connectivity index (χ1v) is 23.5. The van der Waals surface area contributed by atoms with Crippen molar-refractivity contribution in [1.82, 2.24) is 0 Å². The van der Waals surface area contributed by atoms with E-state index in [0.717, 1.165) is 73.4 Å². The number of fused-ring (bicyclic) bond motifs is 2. The van der Waals surface area contributed by atoms with Gasteiger partial charge in [0, 0.05) is 61.8 Å². The third kappa shape index (κ3) is 13.2. The highest BCUT2D eigenvalue weighted by Crippen LogP contribution is 2.47. The van der Waals surface area contributed by atoms with Gasteiger partial charge in [-0.2, -0.15) is 0 Å². The van der Waals surface area contributed by atoms with Crippen molar-refractivity contribution >= 4 is 11.9 Å². The van der Waals surface area contributed by atoms with E-state index < -0.39 is 11.9 Å². The molecule has 4 aromatic carbocycles. The Hall–Kier alpha value is -5.94. The second-order valence-electron chi connectivity index (χ2n) is 18.0. The van der Waals surface area contributed by atoms with E-state index in [0.29, 0.717) is 92.1 Å². The lowest BCUT2D eigenvalue weighted by atomic mass is 9.86. The molecule has 0 fully saturated rings. The normalized spacial score (nSPS) is 18.7. The van der Waals surface area contributed by atoms with Crippen LogP contribution in [-0.4, -0.2) is 145 Å². The lowest BCUT2D eigenvalue weighted by molar-refractivity contribution is -0.941. The molecule has 72 heavy (non-hydrogen) atoms. The van der Waals surface area contributed by atoms with Crippen LogP contribution in [0, 0.1) is 0 Å². The summed E-state index contributed by atoms with van der Waals surface area (Å²) < 4.78 is 69.4. The number of rotatable bonds is 24. The minimum absolute atomic E-state index is 0. The summed E-state index contributed by atoms with van der Waals surface area (Å²) in [6, 6.07) is 16.3. The Morgan fingerprint density at radius 2 is 0.764 bits per heavy atom. The van der Waals surface area contributed by atoms with E-state index in [4.69, 9.17) is 56.8 Å². The highest BCUT2D eigenvalue weighted by atomic mass is 35.5. The molecule has 0 saturated heterocycles. The van der Waals surface area contributed by atoms with Crippen molar-refractivity contribution in [3.8, 4) is 57.5 Å². The van der Waals surface area contributed by atoms with E-state index >= 15 is 0 Å². The minimum atomic E-state index is -0.610. The Kier molecular flexibility index (Phi) is 21.7. The molecule has 6 rings (SSSR count). The van der Waals surface area contributed by atoms with Crippen LogP contribution >= 0.6 is 0 Å². The number of esters is 2. The van der Waals surface area contributed by atoms with Crippen molar-refractivity contribution in [1.29, 1.82) is 0 Å². The number of ether oxygens (including phenoxy) is 12. The number of methoxy groups -OCH3 is 10. The van der Waals surface area contributed by atoms with Crippen LogP contribution in [0.1, 0.15) is 58.3 Å². The molecule has 0 saturated carbocycles. The van der Waals surface area contributed by atoms with Gasteiger partial charge in [-0.1, -0.05) is 0 Å². The fraction of sp³-hybridized carbons (Fsp3) is 0.481. The number of nitrogens with zero attached hydrogens (tertiary/aromatic N) is 2. The molecule has 396 valence electrons. The first kappa shape index (κ1) is 58.6. The number of hydrogen-bond donors (Lipinski definition) is 0. The molecule has 18 heteroatoms. The van der Waals surface area contributed by atoms with Crippen molar-refractivity contribution in [2.45, 2.75) is 50.6 Å². The molecule has 16 nitrogen and oxygen atoms in total. The van der Waals surface area contributed by atoms with Crippen LogP contribution in [0.15, 0.2) is 60.7 Å². The van der Waals surface area contributed by atoms with Gasteiger partial charge in [-0.25, -0.2) is 9.59 Å². The average Bonchev–Trinajstić information content (AvgIpc) is 3.38. The van der Waals surface area contributed by atoms with Gasteiger partial charge < -0.3 is 90.6 Å². The van der Waals surface area contributed by atoms with Crippen LogP contribution in [0.4, 0.5) is 0 Å². The van der Waals surface area contributed by atoms with Gasteiger partial charge in [0.2, 0.25) is 11.5 Å². The smallest absolute Gasteiger partial charge is 0.331 e. The van der Waals surface area contributed by atoms with Crippen molar-refractivity contribution in [3.63, 3.8) is 0 Å². The fourth-order valence-electron chi connectivity index (χ4n) is 10.2. The Bertz CT molecular complexity index is 2290. The minimum Gasteiger partial charge on any atom is -1.00 e. The molecule has 2 aliphatic heterocycles. The molecular weight excluding hydrogens is 971 g/mol. The number of halogens is 2. The molecular formula is C54H72Cl2N2O14. The third-order valence-electron chi connectivity index (χ3n) is 14.1. The molecule has 2 aliphatic rings. The molecule has 0 bridgehead atoms. The zero-order valence-electron chi connectivity index (χ0n) is 43.8. The highest BCUT2D eigenvalue weighted by molar-refractivity contribution is 5.91. The van der Waals surface area contributed by atoms with Gasteiger partial charge in [0.05, 0.1) is 125 Å². The quantitative estimate of drug-likeness (QED) is 0.0433. The predicted octanol–water partition coefficient (Wildman–Crippen LogP) is 1.48. The summed E-state index contributed by atoms with van der Waals surface area (Å²) in [5, 5.41) is 0. The maximum Gasteiger partial charge on any atom is 0.331 e. The van der Waals surface area contributed by atoms with E-state index in [2.05, 4.69) is 38.4 Å². The Labute approximate surface area is 437 Å². The third-order valence-corrected chi connectivity index (χ3v) is 14.1. The van der Waals surface area contributed by atoms with E-state index in [9.17, 15) is 9.59 Å². The van der Waals surface area contributed by atoms with Crippen molar-refractivity contribution in [2.24, 2.45) is 0 Å². The second kappa shape index (κ2) is 26.7. The summed E-state index contributed by atoms with van der Waals surface area (Å²) in [6.45, 7) is 3.49. The second-order valence-corrected chi connectivity index (χ2v) is 18.0. The van der Waals surface area contributed by atoms with E-state index in [-0.39, 0.29) is 50.1 Å². The summed E-state index contributed by atoms with van der Waals surface area (Å²) in [4.78, 5) is 25.8. The zero-order valence-corrected chi connectivity index (χ0v) is 45.3. The maximum absolute atomic E-state index is 12.9. The first-order chi connectivity index (χ1) is 33.7. The van der Waals surface area contributed by atoms with Gasteiger partial charge in [-0.05, 0) is 70.8 Å². The van der Waals surface area contributed by atoms with Crippen LogP contribution in [-0.2, 0) is 44.7 Å². The Morgan fingerprint density at radius 3 is 1.06 bits per heavy atom. The molecule has 0 aromatic heterocycles. The van der Waals surface area contributed by atoms with Crippen LogP contribution in [0.2, 0.25) is 0 Å². The fourth-order valence-corrected chi connectivity index (χ4v) is 10.2. The van der Waals surface area contributed by atoms with Gasteiger partial charge in [-0.3, -0.25) is 0 Å². The monoisotopic (exact) mass is 1040 g/mol. The summed E-state index contributed by atoms with van der Waals surface area (Å²) in [5.41, 5.74) is 6.74. The number of likely N-dealkylation sites (N-methyl/N-ethyl adjacent to an activating group) is 2. The van der Waals surface area contributed by atoms with Gasteiger partial charge in [-0.15, -0.1) is 0 Å². The first-order valence-electron chi connectivity index (χ1n) is 23.5. The molecule has 0 amide bonds. The predicted molar refractivity (Wildman–Crippen MR) is 264 cm³/mol. The SMILES string of the molecule is COc1cc2c(cc1OC)[C@@H](Cc1cc(OC)c(OC)c(OC)c1)[N@+](C)(CCCOC(=O)/C=C/C(=O)OCCC[N@+]1(C)CCc3cc(OC)c(OC)cc3[C@H]1Cc1cc(OC)c(OC)c(OC)c1)CC2.[Cl-].[Cl-]. The number of carbonyl (C=O) groups is 2. The lowest BCUT2D eigenvalue weighted by Gasteiger charge is -2.46. The van der Waals surface area contributed by atoms with Gasteiger partial charge >= 0.3 is 11.9 Å². The molecule has 0 N–H and O–H groups in total. The molecule has 0 unspecified atom stereocenters. The van der Waals surface area contributed by atoms with Gasteiger partial charge in [0.25, 0.3) is 0 Å². The molecule has 2 heterocycles. The lowest BCUT2D eigenvalue weighted by Crippen LogP contribution is -3.00. The van der Waals surface area contributed by atoms with Crippen molar-refractivity contribution in [2.75, 3.05) is 125 Å². The molecule has 0 aliphatic carbocycles. The standard InChI is InChI=1S/C54H72N2O14.2ClH/c1-55(21-17-37-31-43(59-3)45(61-5)33-39(37)41(55)25-35-27-47(63-7)53(67-11)48(28-35)64-8)19-13-23-69-51(57)15-16-52(58)70-24-14-20-56(2)22-18-38-32-44(60-4)46(62-6)34-40(38)42(56)26-36-29-49(65-9)54(68-12)50(30-36)66-10;;/h15-16,27-34,41-42H,13-14,17-26H2,1-12H3;2*1H/q+2;;/p-2/b16-15+;;/t41-,42-,55-,56-;;/m1../s1. The van der Waals surface area contributed by atoms with Gasteiger partial charge in [0.15, 0.2) is 46.0 Å². The van der Waals surface area contributed by atoms with E-state index in [1.165, 1.54) is 11.1 Å². The maximum atomic E-state index is 12.9. The van der Waals surface area contributed by atoms with Crippen LogP contribution in [0.5, 0.6) is 57.5 Å². The molecule has 0 spiro atoms. The molecule has 4 atom stereocenters. The number of benzene rings is 4. The Balaban J connectivity index is 0.00000562. The van der Waals surface area contributed by atoms with Crippen LogP contribution in [0.3, 0.4) is 0 Å². The molecule has 4 aromatic rings. The molecule has 0 radical (unpaired) electrons. The van der Waals surface area contributed by atoms with Crippen molar-refractivity contribution in [3.05, 3.63) is 94.1 Å². The summed E-state index contributed by atoms with van der Waals surface area (Å²) >= 11 is 0. The highest BCUT2D eigenvalue weighted by Gasteiger charge is 2.42. The van der Waals surface area contributed by atoms with Gasteiger partial charge in [0.1, 0.15) is 12.1 Å². The van der Waals surface area contributed by atoms with E-state index in [1.54, 1.807) is 71.1 Å². The van der Waals surface area contributed by atoms with E-state index in [1.807, 2.05) is 24.3 Å². The summed E-state index contributed by atoms with van der Waals surface area (Å²) in [5.74, 6) is 4.88. The van der Waals surface area contributed by atoms with Crippen LogP contribution in [0.25, 0.3) is 0 Å². The zero-order chi connectivity index (χ0) is 50.6. The number of quaternary nitrogens is 2. The van der Waals surface area contributed by atoms with Crippen LogP contribution < -0.4 is 72.2 Å². The van der Waals surface area contributed by atoms with Crippen molar-refractivity contribution < 1.29 is 100 Å². The number of carbonyl (C=O) groups excluding carboxylic acids is 2. The topological polar surface area (TPSA) is 145 Å². The Morgan fingerprint density at radius 1 is 0.458 bits per heavy atom. The average molecular weight is 1040 g/mol.